The first-order valence-electron chi connectivity index (χ1n) is 7.93. The van der Waals surface area contributed by atoms with E-state index >= 15 is 0 Å². The smallest absolute Gasteiger partial charge is 0.339 e. The summed E-state index contributed by atoms with van der Waals surface area (Å²) < 4.78 is 5.71. The molecule has 4 heteroatoms. The Morgan fingerprint density at radius 1 is 1.18 bits per heavy atom. The number of carboxylic acid groups (broad SMARTS) is 1. The minimum Gasteiger partial charge on any atom is -0.478 e. The molecule has 120 valence electrons. The molecule has 1 aliphatic rings. The lowest BCUT2D eigenvalue weighted by Gasteiger charge is -2.36. The molecule has 0 heterocycles. The van der Waals surface area contributed by atoms with Crippen LogP contribution < -0.4 is 0 Å². The average Bonchev–Trinajstić information content (AvgIpc) is 2.46. The molecule has 3 atom stereocenters. The van der Waals surface area contributed by atoms with Crippen molar-refractivity contribution in [1.29, 1.82) is 0 Å². The summed E-state index contributed by atoms with van der Waals surface area (Å²) in [5.41, 5.74) is 0.133. The van der Waals surface area contributed by atoms with Crippen LogP contribution in [0.3, 0.4) is 0 Å². The number of aromatic carboxylic acids is 1. The molecule has 1 fully saturated rings. The van der Waals surface area contributed by atoms with E-state index in [1.807, 2.05) is 0 Å². The lowest BCUT2D eigenvalue weighted by atomic mass is 9.75. The zero-order valence-electron chi connectivity index (χ0n) is 13.4. The number of carboxylic acids is 1. The predicted octanol–water partition coefficient (Wildman–Crippen LogP) is 4.00. The first kappa shape index (κ1) is 16.5. The Labute approximate surface area is 131 Å². The van der Waals surface area contributed by atoms with Crippen LogP contribution in [0.25, 0.3) is 0 Å². The molecule has 1 aromatic carbocycles. The molecule has 4 nitrogen and oxygen atoms in total. The lowest BCUT2D eigenvalue weighted by molar-refractivity contribution is -0.0176. The van der Waals surface area contributed by atoms with E-state index in [-0.39, 0.29) is 17.2 Å². The lowest BCUT2D eigenvalue weighted by Crippen LogP contribution is -2.36. The molecule has 1 aromatic rings. The zero-order valence-corrected chi connectivity index (χ0v) is 13.4. The third kappa shape index (κ3) is 3.67. The van der Waals surface area contributed by atoms with E-state index in [1.165, 1.54) is 12.1 Å². The SMILES string of the molecule is CC(C)[C@@H]1CC[C@H](C)C[C@H]1OC(=O)c1ccccc1C(=O)O. The monoisotopic (exact) mass is 304 g/mol. The van der Waals surface area contributed by atoms with Crippen molar-refractivity contribution in [2.24, 2.45) is 17.8 Å². The summed E-state index contributed by atoms with van der Waals surface area (Å²) in [4.78, 5) is 23.7. The topological polar surface area (TPSA) is 63.6 Å². The molecule has 0 radical (unpaired) electrons. The Balaban J connectivity index is 2.18. The zero-order chi connectivity index (χ0) is 16.3. The summed E-state index contributed by atoms with van der Waals surface area (Å²) in [6, 6.07) is 6.22. The first-order chi connectivity index (χ1) is 10.4. The van der Waals surface area contributed by atoms with Gasteiger partial charge in [-0.05, 0) is 42.7 Å². The van der Waals surface area contributed by atoms with E-state index in [0.717, 1.165) is 19.3 Å². The van der Waals surface area contributed by atoms with Crippen LogP contribution in [-0.4, -0.2) is 23.1 Å². The van der Waals surface area contributed by atoms with Gasteiger partial charge in [-0.25, -0.2) is 9.59 Å². The van der Waals surface area contributed by atoms with Crippen LogP contribution in [0.5, 0.6) is 0 Å². The van der Waals surface area contributed by atoms with Crippen molar-refractivity contribution in [3.05, 3.63) is 35.4 Å². The fourth-order valence-electron chi connectivity index (χ4n) is 3.30. The second kappa shape index (κ2) is 6.95. The van der Waals surface area contributed by atoms with Gasteiger partial charge in [0.05, 0.1) is 11.1 Å². The van der Waals surface area contributed by atoms with Crippen LogP contribution in [0.1, 0.15) is 60.7 Å². The number of rotatable bonds is 4. The highest BCUT2D eigenvalue weighted by Gasteiger charge is 2.34. The Bertz CT molecular complexity index is 550. The molecule has 0 spiro atoms. The highest BCUT2D eigenvalue weighted by Crippen LogP contribution is 2.35. The molecule has 0 aromatic heterocycles. The van der Waals surface area contributed by atoms with Gasteiger partial charge in [0.2, 0.25) is 0 Å². The number of hydrogen-bond donors (Lipinski definition) is 1. The Hall–Kier alpha value is -1.84. The summed E-state index contributed by atoms with van der Waals surface area (Å²) >= 11 is 0. The molecule has 2 rings (SSSR count). The highest BCUT2D eigenvalue weighted by atomic mass is 16.5. The van der Waals surface area contributed by atoms with Crippen LogP contribution >= 0.6 is 0 Å². The maximum atomic E-state index is 12.4. The summed E-state index contributed by atoms with van der Waals surface area (Å²) in [6.07, 6.45) is 2.93. The normalized spacial score (nSPS) is 25.0. The van der Waals surface area contributed by atoms with E-state index in [9.17, 15) is 14.7 Å². The highest BCUT2D eigenvalue weighted by molar-refractivity contribution is 6.02. The van der Waals surface area contributed by atoms with Crippen molar-refractivity contribution in [1.82, 2.24) is 0 Å². The van der Waals surface area contributed by atoms with E-state index in [1.54, 1.807) is 12.1 Å². The second-order valence-corrected chi connectivity index (χ2v) is 6.62. The Morgan fingerprint density at radius 3 is 2.41 bits per heavy atom. The van der Waals surface area contributed by atoms with Crippen LogP contribution in [0, 0.1) is 17.8 Å². The van der Waals surface area contributed by atoms with Gasteiger partial charge in [-0.3, -0.25) is 0 Å². The van der Waals surface area contributed by atoms with E-state index in [2.05, 4.69) is 20.8 Å². The molecule has 0 saturated heterocycles. The third-order valence-electron chi connectivity index (χ3n) is 4.60. The van der Waals surface area contributed by atoms with E-state index in [0.29, 0.717) is 17.8 Å². The first-order valence-corrected chi connectivity index (χ1v) is 7.93. The van der Waals surface area contributed by atoms with Crippen molar-refractivity contribution in [3.8, 4) is 0 Å². The van der Waals surface area contributed by atoms with Crippen LogP contribution in [0.2, 0.25) is 0 Å². The average molecular weight is 304 g/mol. The number of ether oxygens (including phenoxy) is 1. The van der Waals surface area contributed by atoms with Crippen molar-refractivity contribution >= 4 is 11.9 Å². The summed E-state index contributed by atoms with van der Waals surface area (Å²) in [5, 5.41) is 9.19. The quantitative estimate of drug-likeness (QED) is 0.854. The Kier molecular flexibility index (Phi) is 5.22. The van der Waals surface area contributed by atoms with Crippen LogP contribution in [-0.2, 0) is 4.74 Å². The van der Waals surface area contributed by atoms with Crippen molar-refractivity contribution in [2.75, 3.05) is 0 Å². The van der Waals surface area contributed by atoms with Gasteiger partial charge in [0.1, 0.15) is 6.10 Å². The predicted molar refractivity (Wildman–Crippen MR) is 83.9 cm³/mol. The van der Waals surface area contributed by atoms with Crippen molar-refractivity contribution < 1.29 is 19.4 Å². The number of esters is 1. The third-order valence-corrected chi connectivity index (χ3v) is 4.60. The van der Waals surface area contributed by atoms with Gasteiger partial charge in [0.15, 0.2) is 0 Å². The summed E-state index contributed by atoms with van der Waals surface area (Å²) in [7, 11) is 0. The standard InChI is InChI=1S/C18H24O4/c1-11(2)13-9-8-12(3)10-16(13)22-18(21)15-7-5-4-6-14(15)17(19)20/h4-7,11-13,16H,8-10H2,1-3H3,(H,19,20)/t12-,13-,16+/m0/s1. The van der Waals surface area contributed by atoms with Crippen molar-refractivity contribution in [3.63, 3.8) is 0 Å². The number of carbonyl (C=O) groups is 2. The number of hydrogen-bond acceptors (Lipinski definition) is 3. The summed E-state index contributed by atoms with van der Waals surface area (Å²) in [6.45, 7) is 6.46. The number of benzene rings is 1. The van der Waals surface area contributed by atoms with E-state index in [4.69, 9.17) is 4.74 Å². The van der Waals surface area contributed by atoms with Crippen LogP contribution in [0.4, 0.5) is 0 Å². The van der Waals surface area contributed by atoms with Gasteiger partial charge < -0.3 is 9.84 Å². The van der Waals surface area contributed by atoms with Gasteiger partial charge in [-0.1, -0.05) is 39.3 Å². The minimum absolute atomic E-state index is 0.00236. The fraction of sp³-hybridized carbons (Fsp3) is 0.556. The molecular weight excluding hydrogens is 280 g/mol. The van der Waals surface area contributed by atoms with Crippen molar-refractivity contribution in [2.45, 2.75) is 46.1 Å². The minimum atomic E-state index is -1.11. The molecule has 1 saturated carbocycles. The largest absolute Gasteiger partial charge is 0.478 e. The van der Waals surface area contributed by atoms with Gasteiger partial charge in [-0.15, -0.1) is 0 Å². The van der Waals surface area contributed by atoms with Gasteiger partial charge in [0.25, 0.3) is 0 Å². The number of carbonyl (C=O) groups excluding carboxylic acids is 1. The molecule has 0 unspecified atom stereocenters. The molecule has 0 bridgehead atoms. The summed E-state index contributed by atoms with van der Waals surface area (Å²) in [5.74, 6) is -0.313. The molecule has 22 heavy (non-hydrogen) atoms. The van der Waals surface area contributed by atoms with E-state index < -0.39 is 11.9 Å². The second-order valence-electron chi connectivity index (χ2n) is 6.62. The molecule has 1 N–H and O–H groups in total. The van der Waals surface area contributed by atoms with Gasteiger partial charge >= 0.3 is 11.9 Å². The fourth-order valence-corrected chi connectivity index (χ4v) is 3.30. The maximum Gasteiger partial charge on any atom is 0.339 e. The maximum absolute atomic E-state index is 12.4. The van der Waals surface area contributed by atoms with Gasteiger partial charge in [-0.2, -0.15) is 0 Å². The molecule has 0 aliphatic heterocycles. The molecule has 1 aliphatic carbocycles. The molecule has 0 amide bonds. The molecular formula is C18H24O4. The Morgan fingerprint density at radius 2 is 1.82 bits per heavy atom. The van der Waals surface area contributed by atoms with Crippen LogP contribution in [0.15, 0.2) is 24.3 Å². The van der Waals surface area contributed by atoms with Gasteiger partial charge in [0, 0.05) is 0 Å².